The maximum atomic E-state index is 13.4. The molecule has 0 aliphatic carbocycles. The number of ether oxygens (including phenoxy) is 1. The molecule has 13 heteroatoms. The number of carbonyl (C=O) groups excluding carboxylic acids is 2. The number of tetrazole rings is 1. The van der Waals surface area contributed by atoms with Gasteiger partial charge in [-0.1, -0.05) is 18.2 Å². The van der Waals surface area contributed by atoms with E-state index in [9.17, 15) is 14.4 Å². The molecule has 2 fully saturated rings. The van der Waals surface area contributed by atoms with E-state index >= 15 is 0 Å². The smallest absolute Gasteiger partial charge is 0.290 e. The number of nitrogens with one attached hydrogen (secondary N) is 1. The molecule has 2 amide bonds. The van der Waals surface area contributed by atoms with Crippen LogP contribution in [0.15, 0.2) is 41.5 Å². The minimum atomic E-state index is -0.327. The first-order chi connectivity index (χ1) is 16.0. The van der Waals surface area contributed by atoms with Crippen molar-refractivity contribution < 1.29 is 24.2 Å². The lowest BCUT2D eigenvalue weighted by Gasteiger charge is -2.36. The number of likely N-dealkylation sites (tertiary alicyclic amines) is 1. The Hall–Kier alpha value is -4.13. The summed E-state index contributed by atoms with van der Waals surface area (Å²) in [7, 11) is 0. The number of benzene rings is 1. The lowest BCUT2D eigenvalue weighted by Crippen LogP contribution is -2.53. The van der Waals surface area contributed by atoms with E-state index in [4.69, 9.17) is 14.6 Å². The van der Waals surface area contributed by atoms with Crippen LogP contribution in [0.4, 0.5) is 0 Å². The Morgan fingerprint density at radius 1 is 1.27 bits per heavy atom. The van der Waals surface area contributed by atoms with Crippen LogP contribution in [-0.2, 0) is 20.9 Å². The monoisotopic (exact) mass is 455 g/mol. The minimum Gasteiger partial charge on any atom is -0.483 e. The van der Waals surface area contributed by atoms with Gasteiger partial charge in [0, 0.05) is 36.6 Å². The van der Waals surface area contributed by atoms with Crippen molar-refractivity contribution in [2.24, 2.45) is 0 Å². The van der Waals surface area contributed by atoms with E-state index in [1.165, 1.54) is 17.1 Å². The van der Waals surface area contributed by atoms with Crippen LogP contribution < -0.4 is 5.56 Å². The summed E-state index contributed by atoms with van der Waals surface area (Å²) >= 11 is 0. The van der Waals surface area contributed by atoms with Crippen molar-refractivity contribution in [2.45, 2.75) is 18.7 Å². The second-order valence-corrected chi connectivity index (χ2v) is 7.48. The number of rotatable bonds is 3. The zero-order valence-corrected chi connectivity index (χ0v) is 17.4. The summed E-state index contributed by atoms with van der Waals surface area (Å²) in [5, 5.41) is 18.4. The Labute approximate surface area is 186 Å². The molecule has 5 rings (SSSR count). The summed E-state index contributed by atoms with van der Waals surface area (Å²) in [5.74, 6) is -0.375. The Balaban J connectivity index is 0.000000821. The third-order valence-electron chi connectivity index (χ3n) is 5.58. The molecule has 172 valence electrons. The molecule has 0 spiro atoms. The van der Waals surface area contributed by atoms with Gasteiger partial charge >= 0.3 is 0 Å². The molecule has 0 bridgehead atoms. The predicted octanol–water partition coefficient (Wildman–Crippen LogP) is -1.03. The molecular formula is C20H21N7O6. The summed E-state index contributed by atoms with van der Waals surface area (Å²) in [4.78, 5) is 52.6. The topological polar surface area (TPSA) is 164 Å². The van der Waals surface area contributed by atoms with Gasteiger partial charge in [0.25, 0.3) is 12.4 Å². The van der Waals surface area contributed by atoms with Crippen molar-refractivity contribution in [2.75, 3.05) is 26.2 Å². The number of H-pyrrole nitrogens is 1. The fourth-order valence-corrected chi connectivity index (χ4v) is 4.17. The van der Waals surface area contributed by atoms with Gasteiger partial charge in [-0.15, -0.1) is 5.10 Å². The Morgan fingerprint density at radius 3 is 2.82 bits per heavy atom. The van der Waals surface area contributed by atoms with Crippen LogP contribution in [0.25, 0.3) is 10.9 Å². The number of nitrogens with zero attached hydrogens (tertiary/aromatic N) is 6. The largest absolute Gasteiger partial charge is 0.483 e. The lowest BCUT2D eigenvalue weighted by molar-refractivity contribution is -0.131. The molecule has 0 radical (unpaired) electrons. The van der Waals surface area contributed by atoms with E-state index in [0.29, 0.717) is 42.7 Å². The molecule has 2 aromatic heterocycles. The molecule has 2 atom stereocenters. The molecule has 2 aliphatic heterocycles. The van der Waals surface area contributed by atoms with Crippen LogP contribution in [0.5, 0.6) is 0 Å². The second kappa shape index (κ2) is 9.56. The van der Waals surface area contributed by atoms with Crippen LogP contribution >= 0.6 is 0 Å². The molecule has 13 nitrogen and oxygen atoms in total. The van der Waals surface area contributed by atoms with E-state index in [1.54, 1.807) is 15.9 Å². The number of fused-ring (bicyclic) bond motifs is 2. The van der Waals surface area contributed by atoms with E-state index in [-0.39, 0.29) is 42.5 Å². The lowest BCUT2D eigenvalue weighted by atomic mass is 10.0. The van der Waals surface area contributed by atoms with E-state index in [0.717, 1.165) is 0 Å². The number of para-hydroxylation sites is 1. The number of carboxylic acid groups (broad SMARTS) is 1. The van der Waals surface area contributed by atoms with Crippen molar-refractivity contribution in [3.63, 3.8) is 0 Å². The average Bonchev–Trinajstić information content (AvgIpc) is 3.48. The maximum absolute atomic E-state index is 13.4. The molecule has 4 heterocycles. The Bertz CT molecular complexity index is 1210. The van der Waals surface area contributed by atoms with Crippen molar-refractivity contribution in [3.05, 3.63) is 52.6 Å². The Kier molecular flexibility index (Phi) is 6.40. The zero-order chi connectivity index (χ0) is 23.4. The third kappa shape index (κ3) is 4.57. The summed E-state index contributed by atoms with van der Waals surface area (Å²) in [6.07, 6.45) is 1.11. The van der Waals surface area contributed by atoms with E-state index < -0.39 is 0 Å². The second-order valence-electron chi connectivity index (χ2n) is 7.48. The first-order valence-corrected chi connectivity index (χ1v) is 10.1. The van der Waals surface area contributed by atoms with Crippen molar-refractivity contribution in [1.29, 1.82) is 0 Å². The highest BCUT2D eigenvalue weighted by atomic mass is 16.5. The molecule has 0 unspecified atom stereocenters. The number of morpholine rings is 1. The highest BCUT2D eigenvalue weighted by Gasteiger charge is 2.44. The third-order valence-corrected chi connectivity index (χ3v) is 5.58. The van der Waals surface area contributed by atoms with Gasteiger partial charge in [-0.2, -0.15) is 0 Å². The van der Waals surface area contributed by atoms with Crippen LogP contribution in [-0.4, -0.2) is 96.8 Å². The van der Waals surface area contributed by atoms with Crippen molar-refractivity contribution >= 4 is 29.2 Å². The number of aromatic amines is 1. The van der Waals surface area contributed by atoms with Gasteiger partial charge in [-0.25, -0.2) is 4.68 Å². The summed E-state index contributed by atoms with van der Waals surface area (Å²) in [6, 6.07) is 8.28. The van der Waals surface area contributed by atoms with Crippen LogP contribution in [0.3, 0.4) is 0 Å². The summed E-state index contributed by atoms with van der Waals surface area (Å²) in [5.41, 5.74) is 0.642. The van der Waals surface area contributed by atoms with E-state index in [1.807, 2.05) is 18.2 Å². The number of pyridine rings is 1. The molecule has 2 aliphatic rings. The fraction of sp³-hybridized carbons (Fsp3) is 0.350. The normalized spacial score (nSPS) is 19.5. The fourth-order valence-electron chi connectivity index (χ4n) is 4.17. The summed E-state index contributed by atoms with van der Waals surface area (Å²) < 4.78 is 7.20. The number of aromatic nitrogens is 5. The van der Waals surface area contributed by atoms with Gasteiger partial charge < -0.3 is 24.6 Å². The highest BCUT2D eigenvalue weighted by molar-refractivity contribution is 6.06. The maximum Gasteiger partial charge on any atom is 0.290 e. The van der Waals surface area contributed by atoms with Gasteiger partial charge in [0.1, 0.15) is 12.9 Å². The number of hydrogen-bond donors (Lipinski definition) is 2. The molecule has 33 heavy (non-hydrogen) atoms. The molecule has 3 aromatic rings. The van der Waals surface area contributed by atoms with Crippen LogP contribution in [0, 0.1) is 0 Å². The van der Waals surface area contributed by atoms with Crippen LogP contribution in [0.2, 0.25) is 0 Å². The number of carbonyl (C=O) groups is 3. The Morgan fingerprint density at radius 2 is 2.06 bits per heavy atom. The van der Waals surface area contributed by atoms with Gasteiger partial charge in [-0.3, -0.25) is 19.2 Å². The highest BCUT2D eigenvalue weighted by Crippen LogP contribution is 2.26. The summed E-state index contributed by atoms with van der Waals surface area (Å²) in [6.45, 7) is 1.31. The van der Waals surface area contributed by atoms with Crippen LogP contribution in [0.1, 0.15) is 10.4 Å². The van der Waals surface area contributed by atoms with Crippen molar-refractivity contribution in [1.82, 2.24) is 35.0 Å². The van der Waals surface area contributed by atoms with Gasteiger partial charge in [0.05, 0.1) is 24.3 Å². The molecule has 0 saturated carbocycles. The first kappa shape index (κ1) is 22.1. The number of amides is 2. The predicted molar refractivity (Wildman–Crippen MR) is 112 cm³/mol. The van der Waals surface area contributed by atoms with Gasteiger partial charge in [-0.05, 0) is 16.5 Å². The van der Waals surface area contributed by atoms with Gasteiger partial charge in [0.2, 0.25) is 11.5 Å². The first-order valence-electron chi connectivity index (χ1n) is 10.1. The molecule has 2 saturated heterocycles. The van der Waals surface area contributed by atoms with Crippen molar-refractivity contribution in [3.8, 4) is 0 Å². The number of hydrogen-bond acceptors (Lipinski definition) is 8. The zero-order valence-electron chi connectivity index (χ0n) is 17.4. The van der Waals surface area contributed by atoms with Gasteiger partial charge in [0.15, 0.2) is 0 Å². The molecule has 1 aromatic carbocycles. The minimum absolute atomic E-state index is 0.0269. The molecule has 2 N–H and O–H groups in total. The SMILES string of the molecule is O=C(Cn1cnnn1)N1C[C@H]2OCCN(C(=O)c3cc(=O)[nH]c4ccccc34)[C@H]2C1.O=CO. The molecular weight excluding hydrogens is 434 g/mol. The standard InChI is InChI=1S/C19H19N7O4.CH2O2/c27-17-7-13(12-3-1-2-4-14(12)21-17)19(29)26-5-6-30-16-9-24(8-15(16)26)18(28)10-25-11-20-22-23-25;2-1-3/h1-4,7,11,15-16H,5-6,8-10H2,(H,21,27);1H,(H,2,3)/t15-,16+;/m0./s1. The average molecular weight is 455 g/mol. The van der Waals surface area contributed by atoms with E-state index in [2.05, 4.69) is 20.5 Å². The quantitative estimate of drug-likeness (QED) is 0.470.